The fourth-order valence-electron chi connectivity index (χ4n) is 3.75. The lowest BCUT2D eigenvalue weighted by Gasteiger charge is -2.20. The fraction of sp³-hybridized carbons (Fsp3) is 0.269. The van der Waals surface area contributed by atoms with Gasteiger partial charge in [0.1, 0.15) is 0 Å². The highest BCUT2D eigenvalue weighted by molar-refractivity contribution is 6.30. The number of carbonyl (C=O) groups excluding carboxylic acids is 2. The molecule has 1 unspecified atom stereocenters. The number of hydrogen-bond donors (Lipinski definition) is 2. The number of Topliss-reactive ketones (excluding diaryl/α,β-unsaturated/α-hetero) is 1. The fourth-order valence-corrected chi connectivity index (χ4v) is 4.11. The minimum atomic E-state index is -0.219. The van der Waals surface area contributed by atoms with Gasteiger partial charge in [0.2, 0.25) is 5.91 Å². The Kier molecular flexibility index (Phi) is 8.48. The normalized spacial score (nSPS) is 11.8. The molecule has 0 bridgehead atoms. The van der Waals surface area contributed by atoms with Crippen LogP contribution in [0.3, 0.4) is 0 Å². The molecule has 0 aliphatic carbocycles. The molecule has 2 aromatic carbocycles. The number of anilines is 1. The van der Waals surface area contributed by atoms with E-state index in [0.29, 0.717) is 40.6 Å². The number of aryl methyl sites for hydroxylation is 2. The predicted molar refractivity (Wildman–Crippen MR) is 134 cm³/mol. The van der Waals surface area contributed by atoms with Crippen molar-refractivity contribution in [3.05, 3.63) is 97.9 Å². The van der Waals surface area contributed by atoms with Gasteiger partial charge in [-0.1, -0.05) is 29.8 Å². The molecule has 0 aliphatic rings. The molecule has 172 valence electrons. The molecule has 1 heterocycles. The average Bonchev–Trinajstić information content (AvgIpc) is 2.79. The van der Waals surface area contributed by atoms with E-state index in [0.717, 1.165) is 16.7 Å². The summed E-state index contributed by atoms with van der Waals surface area (Å²) in [5.41, 5.74) is 4.35. The number of rotatable bonds is 9. The monoisotopic (exact) mass is 484 g/mol. The molecule has 2 N–H and O–H groups in total. The first-order valence-corrected chi connectivity index (χ1v) is 11.6. The van der Waals surface area contributed by atoms with E-state index in [2.05, 4.69) is 10.3 Å². The van der Waals surface area contributed by atoms with Gasteiger partial charge in [0.25, 0.3) is 5.56 Å². The van der Waals surface area contributed by atoms with Crippen molar-refractivity contribution in [3.8, 4) is 0 Å². The number of amides is 1. The second kappa shape index (κ2) is 11.3. The summed E-state index contributed by atoms with van der Waals surface area (Å²) in [7, 11) is 0. The van der Waals surface area contributed by atoms with Gasteiger partial charge in [-0.05, 0) is 67.3 Å². The zero-order valence-electron chi connectivity index (χ0n) is 18.6. The minimum Gasteiger partial charge on any atom is -0.328 e. The summed E-state index contributed by atoms with van der Waals surface area (Å²) in [6.07, 6.45) is 2.67. The SMILES string of the molecule is Cc1cc(Cl)ccc1C(CC(=O)c1c[nH]c(=O)c(C)c1)c1ccc(NC(=O)CCCCl)cc1. The van der Waals surface area contributed by atoms with Gasteiger partial charge in [-0.25, -0.2) is 0 Å². The van der Waals surface area contributed by atoms with Gasteiger partial charge >= 0.3 is 0 Å². The van der Waals surface area contributed by atoms with Crippen molar-refractivity contribution in [1.82, 2.24) is 4.98 Å². The van der Waals surface area contributed by atoms with E-state index < -0.39 is 0 Å². The number of aromatic amines is 1. The molecule has 3 aromatic rings. The van der Waals surface area contributed by atoms with Crippen LogP contribution >= 0.6 is 23.2 Å². The Morgan fingerprint density at radius 3 is 2.39 bits per heavy atom. The molecule has 1 aromatic heterocycles. The molecule has 7 heteroatoms. The van der Waals surface area contributed by atoms with Crippen LogP contribution in [-0.2, 0) is 4.79 Å². The molecule has 1 atom stereocenters. The Morgan fingerprint density at radius 2 is 1.76 bits per heavy atom. The van der Waals surface area contributed by atoms with Crippen molar-refractivity contribution in [2.24, 2.45) is 0 Å². The second-order valence-electron chi connectivity index (χ2n) is 8.04. The minimum absolute atomic E-state index is 0.0767. The van der Waals surface area contributed by atoms with E-state index in [1.807, 2.05) is 49.4 Å². The van der Waals surface area contributed by atoms with Gasteiger partial charge in [0, 0.05) is 52.7 Å². The molecule has 0 radical (unpaired) electrons. The molecule has 0 aliphatic heterocycles. The second-order valence-corrected chi connectivity index (χ2v) is 8.86. The van der Waals surface area contributed by atoms with Crippen LogP contribution in [-0.4, -0.2) is 22.6 Å². The third-order valence-electron chi connectivity index (χ3n) is 5.54. The zero-order chi connectivity index (χ0) is 24.0. The van der Waals surface area contributed by atoms with Crippen LogP contribution in [0.25, 0.3) is 0 Å². The van der Waals surface area contributed by atoms with Crippen LogP contribution < -0.4 is 10.9 Å². The maximum absolute atomic E-state index is 13.1. The molecule has 3 rings (SSSR count). The highest BCUT2D eigenvalue weighted by Gasteiger charge is 2.22. The number of aromatic nitrogens is 1. The molecule has 33 heavy (non-hydrogen) atoms. The van der Waals surface area contributed by atoms with E-state index in [1.54, 1.807) is 13.0 Å². The van der Waals surface area contributed by atoms with Gasteiger partial charge < -0.3 is 10.3 Å². The molecule has 5 nitrogen and oxygen atoms in total. The van der Waals surface area contributed by atoms with Crippen molar-refractivity contribution in [3.63, 3.8) is 0 Å². The molecule has 0 spiro atoms. The first kappa shape index (κ1) is 24.7. The van der Waals surface area contributed by atoms with Crippen molar-refractivity contribution in [1.29, 1.82) is 0 Å². The zero-order valence-corrected chi connectivity index (χ0v) is 20.1. The topological polar surface area (TPSA) is 79.0 Å². The summed E-state index contributed by atoms with van der Waals surface area (Å²) in [6, 6.07) is 14.8. The Labute approximate surface area is 203 Å². The van der Waals surface area contributed by atoms with E-state index in [-0.39, 0.29) is 29.6 Å². The maximum atomic E-state index is 13.1. The quantitative estimate of drug-likeness (QED) is 0.288. The summed E-state index contributed by atoms with van der Waals surface area (Å²) in [5.74, 6) is 0.0596. The third-order valence-corrected chi connectivity index (χ3v) is 6.04. The standard InChI is InChI=1S/C26H26Cl2N2O3/c1-16-13-20(28)7-10-22(16)23(14-24(31)19-12-17(2)26(33)29-15-19)18-5-8-21(9-6-18)30-25(32)4-3-11-27/h5-10,12-13,15,23H,3-4,11,14H2,1-2H3,(H,29,33)(H,30,32). The van der Waals surface area contributed by atoms with Crippen molar-refractivity contribution < 1.29 is 9.59 Å². The lowest BCUT2D eigenvalue weighted by Crippen LogP contribution is -2.15. The van der Waals surface area contributed by atoms with E-state index in [1.165, 1.54) is 6.20 Å². The van der Waals surface area contributed by atoms with Crippen LogP contribution in [0, 0.1) is 13.8 Å². The van der Waals surface area contributed by atoms with Gasteiger partial charge in [0.05, 0.1) is 0 Å². The Bertz CT molecular complexity index is 1200. The molecular weight excluding hydrogens is 459 g/mol. The highest BCUT2D eigenvalue weighted by Crippen LogP contribution is 2.33. The Morgan fingerprint density at radius 1 is 1.03 bits per heavy atom. The van der Waals surface area contributed by atoms with Crippen LogP contribution in [0.5, 0.6) is 0 Å². The average molecular weight is 485 g/mol. The molecule has 1 amide bonds. The van der Waals surface area contributed by atoms with Gasteiger partial charge in [-0.2, -0.15) is 0 Å². The molecular formula is C26H26Cl2N2O3. The van der Waals surface area contributed by atoms with Gasteiger partial charge in [-0.3, -0.25) is 14.4 Å². The molecule has 0 saturated heterocycles. The largest absolute Gasteiger partial charge is 0.328 e. The number of carbonyl (C=O) groups is 2. The number of halogens is 2. The van der Waals surface area contributed by atoms with E-state index in [9.17, 15) is 14.4 Å². The summed E-state index contributed by atoms with van der Waals surface area (Å²) < 4.78 is 0. The van der Waals surface area contributed by atoms with Crippen LogP contribution in [0.15, 0.2) is 59.5 Å². The van der Waals surface area contributed by atoms with Crippen LogP contribution in [0.1, 0.15) is 57.8 Å². The van der Waals surface area contributed by atoms with Crippen molar-refractivity contribution in [2.45, 2.75) is 39.0 Å². The number of nitrogens with one attached hydrogen (secondary N) is 2. The lowest BCUT2D eigenvalue weighted by atomic mass is 9.84. The number of benzene rings is 2. The highest BCUT2D eigenvalue weighted by atomic mass is 35.5. The van der Waals surface area contributed by atoms with E-state index >= 15 is 0 Å². The van der Waals surface area contributed by atoms with Crippen molar-refractivity contribution >= 4 is 40.6 Å². The summed E-state index contributed by atoms with van der Waals surface area (Å²) in [4.78, 5) is 39.4. The predicted octanol–water partition coefficient (Wildman–Crippen LogP) is 6.01. The number of alkyl halides is 1. The van der Waals surface area contributed by atoms with Crippen LogP contribution in [0.2, 0.25) is 5.02 Å². The lowest BCUT2D eigenvalue weighted by molar-refractivity contribution is -0.116. The molecule has 0 saturated carbocycles. The Hall–Kier alpha value is -2.89. The number of H-pyrrole nitrogens is 1. The molecule has 0 fully saturated rings. The Balaban J connectivity index is 1.90. The smallest absolute Gasteiger partial charge is 0.250 e. The summed E-state index contributed by atoms with van der Waals surface area (Å²) in [5, 5.41) is 3.50. The summed E-state index contributed by atoms with van der Waals surface area (Å²) >= 11 is 11.8. The number of pyridine rings is 1. The van der Waals surface area contributed by atoms with Gasteiger partial charge in [0.15, 0.2) is 5.78 Å². The van der Waals surface area contributed by atoms with E-state index in [4.69, 9.17) is 23.2 Å². The third kappa shape index (κ3) is 6.56. The van der Waals surface area contributed by atoms with Gasteiger partial charge in [-0.15, -0.1) is 11.6 Å². The first-order chi connectivity index (χ1) is 15.8. The van der Waals surface area contributed by atoms with Crippen molar-refractivity contribution in [2.75, 3.05) is 11.2 Å². The number of ketones is 1. The summed E-state index contributed by atoms with van der Waals surface area (Å²) in [6.45, 7) is 3.64. The van der Waals surface area contributed by atoms with Crippen LogP contribution in [0.4, 0.5) is 5.69 Å². The first-order valence-electron chi connectivity index (χ1n) is 10.7. The maximum Gasteiger partial charge on any atom is 0.250 e. The number of hydrogen-bond acceptors (Lipinski definition) is 3.